The molecule has 0 aliphatic rings. The number of hydrogen-bond donors (Lipinski definition) is 0. The number of nitro groups is 1. The molecule has 1 aromatic rings. The van der Waals surface area contributed by atoms with Crippen molar-refractivity contribution in [1.82, 2.24) is 0 Å². The van der Waals surface area contributed by atoms with Gasteiger partial charge in [-0.15, -0.1) is 6.58 Å². The van der Waals surface area contributed by atoms with Crippen LogP contribution in [0.5, 0.6) is 0 Å². The largest absolute Gasteiger partial charge is 0.463 e. The SMILES string of the molecule is C=CC/C(C(=O)OCC)=C(/C(=C)C)c1cccc([N+](=O)[O-])c1. The normalized spacial score (nSPS) is 11.4. The molecular formula is C17H19NO4. The molecular weight excluding hydrogens is 282 g/mol. The van der Waals surface area contributed by atoms with Crippen LogP contribution in [-0.2, 0) is 9.53 Å². The topological polar surface area (TPSA) is 69.4 Å². The maximum atomic E-state index is 12.2. The molecule has 5 heteroatoms. The highest BCUT2D eigenvalue weighted by Crippen LogP contribution is 2.30. The van der Waals surface area contributed by atoms with Crippen molar-refractivity contribution in [3.8, 4) is 0 Å². The van der Waals surface area contributed by atoms with Gasteiger partial charge in [-0.2, -0.15) is 0 Å². The number of nitrogens with zero attached hydrogens (tertiary/aromatic N) is 1. The van der Waals surface area contributed by atoms with E-state index >= 15 is 0 Å². The molecule has 0 saturated carbocycles. The molecule has 1 rings (SSSR count). The van der Waals surface area contributed by atoms with Crippen LogP contribution >= 0.6 is 0 Å². The molecule has 22 heavy (non-hydrogen) atoms. The highest BCUT2D eigenvalue weighted by atomic mass is 16.6. The smallest absolute Gasteiger partial charge is 0.334 e. The van der Waals surface area contributed by atoms with Gasteiger partial charge in [0.25, 0.3) is 5.69 Å². The van der Waals surface area contributed by atoms with Gasteiger partial charge in [0.1, 0.15) is 0 Å². The number of benzene rings is 1. The highest BCUT2D eigenvalue weighted by Gasteiger charge is 2.19. The number of esters is 1. The van der Waals surface area contributed by atoms with Gasteiger partial charge in [-0.3, -0.25) is 10.1 Å². The van der Waals surface area contributed by atoms with E-state index in [2.05, 4.69) is 13.2 Å². The van der Waals surface area contributed by atoms with Gasteiger partial charge in [0.05, 0.1) is 11.5 Å². The average molecular weight is 301 g/mol. The first-order chi connectivity index (χ1) is 10.4. The summed E-state index contributed by atoms with van der Waals surface area (Å²) < 4.78 is 5.07. The Morgan fingerprint density at radius 3 is 2.64 bits per heavy atom. The van der Waals surface area contributed by atoms with Crippen LogP contribution in [0.3, 0.4) is 0 Å². The zero-order valence-corrected chi connectivity index (χ0v) is 12.8. The molecule has 0 saturated heterocycles. The summed E-state index contributed by atoms with van der Waals surface area (Å²) >= 11 is 0. The summed E-state index contributed by atoms with van der Waals surface area (Å²) in [5.41, 5.74) is 2.10. The van der Waals surface area contributed by atoms with Gasteiger partial charge in [0.2, 0.25) is 0 Å². The standard InChI is InChI=1S/C17H19NO4/c1-5-8-15(17(19)22-6-2)16(12(3)4)13-9-7-10-14(11-13)18(20)21/h5,7,9-11H,1,3,6,8H2,2,4H3/b16-15+. The molecule has 0 aromatic heterocycles. The molecule has 0 aliphatic heterocycles. The highest BCUT2D eigenvalue weighted by molar-refractivity contribution is 6.01. The maximum absolute atomic E-state index is 12.2. The molecule has 116 valence electrons. The molecule has 0 radical (unpaired) electrons. The molecule has 0 bridgehead atoms. The van der Waals surface area contributed by atoms with Gasteiger partial charge in [-0.1, -0.05) is 24.8 Å². The second-order valence-electron chi connectivity index (χ2n) is 4.65. The Morgan fingerprint density at radius 2 is 2.14 bits per heavy atom. The van der Waals surface area contributed by atoms with Crippen LogP contribution in [0.25, 0.3) is 5.57 Å². The summed E-state index contributed by atoms with van der Waals surface area (Å²) in [5, 5.41) is 10.9. The van der Waals surface area contributed by atoms with E-state index in [4.69, 9.17) is 4.74 Å². The van der Waals surface area contributed by atoms with Crippen LogP contribution in [0.15, 0.2) is 54.6 Å². The number of ether oxygens (including phenoxy) is 1. The minimum Gasteiger partial charge on any atom is -0.463 e. The van der Waals surface area contributed by atoms with Gasteiger partial charge < -0.3 is 4.74 Å². The summed E-state index contributed by atoms with van der Waals surface area (Å²) in [4.78, 5) is 22.6. The van der Waals surface area contributed by atoms with Crippen molar-refractivity contribution in [2.45, 2.75) is 20.3 Å². The quantitative estimate of drug-likeness (QED) is 0.190. The lowest BCUT2D eigenvalue weighted by molar-refractivity contribution is -0.384. The summed E-state index contributed by atoms with van der Waals surface area (Å²) in [6, 6.07) is 6.11. The van der Waals surface area contributed by atoms with Crippen molar-refractivity contribution in [3.05, 3.63) is 70.3 Å². The van der Waals surface area contributed by atoms with E-state index < -0.39 is 10.9 Å². The van der Waals surface area contributed by atoms with E-state index in [9.17, 15) is 14.9 Å². The van der Waals surface area contributed by atoms with Crippen LogP contribution in [-0.4, -0.2) is 17.5 Å². The first-order valence-corrected chi connectivity index (χ1v) is 6.84. The first-order valence-electron chi connectivity index (χ1n) is 6.84. The summed E-state index contributed by atoms with van der Waals surface area (Å²) in [6.07, 6.45) is 1.89. The molecule has 0 fully saturated rings. The predicted octanol–water partition coefficient (Wildman–Crippen LogP) is 4.06. The van der Waals surface area contributed by atoms with Crippen molar-refractivity contribution in [2.75, 3.05) is 6.61 Å². The van der Waals surface area contributed by atoms with Gasteiger partial charge in [0.15, 0.2) is 0 Å². The summed E-state index contributed by atoms with van der Waals surface area (Å²) in [6.45, 7) is 11.2. The van der Waals surface area contributed by atoms with E-state index in [0.717, 1.165) is 0 Å². The number of rotatable bonds is 7. The minimum atomic E-state index is -0.475. The van der Waals surface area contributed by atoms with E-state index in [-0.39, 0.29) is 12.3 Å². The average Bonchev–Trinajstić information content (AvgIpc) is 2.47. The third-order valence-electron chi connectivity index (χ3n) is 2.94. The summed E-state index contributed by atoms with van der Waals surface area (Å²) in [7, 11) is 0. The lowest BCUT2D eigenvalue weighted by Gasteiger charge is -2.14. The number of carbonyl (C=O) groups is 1. The third-order valence-corrected chi connectivity index (χ3v) is 2.94. The van der Waals surface area contributed by atoms with E-state index in [1.54, 1.807) is 32.1 Å². The Labute approximate surface area is 129 Å². The maximum Gasteiger partial charge on any atom is 0.334 e. The molecule has 0 unspecified atom stereocenters. The number of carbonyl (C=O) groups excluding carboxylic acids is 1. The summed E-state index contributed by atoms with van der Waals surface area (Å²) in [5.74, 6) is -0.466. The molecule has 0 N–H and O–H groups in total. The van der Waals surface area contributed by atoms with Crippen LogP contribution < -0.4 is 0 Å². The van der Waals surface area contributed by atoms with E-state index in [0.29, 0.717) is 28.7 Å². The molecule has 0 atom stereocenters. The zero-order valence-electron chi connectivity index (χ0n) is 12.8. The van der Waals surface area contributed by atoms with Crippen molar-refractivity contribution in [3.63, 3.8) is 0 Å². The number of nitro benzene ring substituents is 1. The molecule has 0 spiro atoms. The lowest BCUT2D eigenvalue weighted by Crippen LogP contribution is -2.10. The van der Waals surface area contributed by atoms with Crippen LogP contribution in [0.4, 0.5) is 5.69 Å². The van der Waals surface area contributed by atoms with E-state index in [1.165, 1.54) is 12.1 Å². The van der Waals surface area contributed by atoms with Crippen molar-refractivity contribution in [1.29, 1.82) is 0 Å². The van der Waals surface area contributed by atoms with Crippen molar-refractivity contribution in [2.24, 2.45) is 0 Å². The fourth-order valence-corrected chi connectivity index (χ4v) is 2.10. The lowest BCUT2D eigenvalue weighted by atomic mass is 9.92. The van der Waals surface area contributed by atoms with Gasteiger partial charge >= 0.3 is 5.97 Å². The molecule has 5 nitrogen and oxygen atoms in total. The second kappa shape index (κ2) is 7.93. The van der Waals surface area contributed by atoms with Crippen LogP contribution in [0, 0.1) is 10.1 Å². The Bertz CT molecular complexity index is 644. The Hall–Kier alpha value is -2.69. The Kier molecular flexibility index (Phi) is 6.25. The second-order valence-corrected chi connectivity index (χ2v) is 4.65. The van der Waals surface area contributed by atoms with Crippen LogP contribution in [0.1, 0.15) is 25.8 Å². The Balaban J connectivity index is 3.53. The molecule has 0 aliphatic carbocycles. The molecule has 0 heterocycles. The zero-order chi connectivity index (χ0) is 16.7. The third kappa shape index (κ3) is 4.15. The number of hydrogen-bond acceptors (Lipinski definition) is 4. The van der Waals surface area contributed by atoms with Crippen LogP contribution in [0.2, 0.25) is 0 Å². The molecule has 1 aromatic carbocycles. The fourth-order valence-electron chi connectivity index (χ4n) is 2.10. The minimum absolute atomic E-state index is 0.0435. The fraction of sp³-hybridized carbons (Fsp3) is 0.235. The monoisotopic (exact) mass is 301 g/mol. The first kappa shape index (κ1) is 17.4. The Morgan fingerprint density at radius 1 is 1.45 bits per heavy atom. The number of non-ortho nitro benzene ring substituents is 1. The van der Waals surface area contributed by atoms with Gasteiger partial charge in [0, 0.05) is 17.7 Å². The van der Waals surface area contributed by atoms with Crippen molar-refractivity contribution < 1.29 is 14.5 Å². The number of allylic oxidation sites excluding steroid dienone is 3. The van der Waals surface area contributed by atoms with E-state index in [1.807, 2.05) is 0 Å². The molecule has 0 amide bonds. The predicted molar refractivity (Wildman–Crippen MR) is 86.3 cm³/mol. The van der Waals surface area contributed by atoms with Gasteiger partial charge in [-0.05, 0) is 37.0 Å². The van der Waals surface area contributed by atoms with Gasteiger partial charge in [-0.25, -0.2) is 4.79 Å². The van der Waals surface area contributed by atoms with Crippen molar-refractivity contribution >= 4 is 17.2 Å².